The average Bonchev–Trinajstić information content (AvgIpc) is 3.28. The standard InChI is InChI=1S/C16H15N3O3/c1-2-14-15(22-10-21-14)5-12(1)16-13(8-18-19-16)7-17-6-11-3-4-20-9-11/h1-5,8-9,17H,6-7,10H2,(H,18,19). The maximum absolute atomic E-state index is 5.42. The summed E-state index contributed by atoms with van der Waals surface area (Å²) in [6.45, 7) is 1.74. The molecule has 1 aliphatic rings. The quantitative estimate of drug-likeness (QED) is 0.757. The highest BCUT2D eigenvalue weighted by Gasteiger charge is 2.16. The highest BCUT2D eigenvalue weighted by atomic mass is 16.7. The molecule has 22 heavy (non-hydrogen) atoms. The van der Waals surface area contributed by atoms with Crippen LogP contribution in [0.5, 0.6) is 11.5 Å². The Morgan fingerprint density at radius 1 is 1.14 bits per heavy atom. The van der Waals surface area contributed by atoms with Crippen LogP contribution in [0.3, 0.4) is 0 Å². The lowest BCUT2D eigenvalue weighted by atomic mass is 10.1. The van der Waals surface area contributed by atoms with Crippen molar-refractivity contribution in [2.75, 3.05) is 6.79 Å². The van der Waals surface area contributed by atoms with Gasteiger partial charge in [0.25, 0.3) is 0 Å². The van der Waals surface area contributed by atoms with Crippen LogP contribution < -0.4 is 14.8 Å². The molecule has 0 bridgehead atoms. The fraction of sp³-hybridized carbons (Fsp3) is 0.188. The Kier molecular flexibility index (Phi) is 3.29. The Morgan fingerprint density at radius 2 is 2.09 bits per heavy atom. The summed E-state index contributed by atoms with van der Waals surface area (Å²) in [5, 5.41) is 10.6. The van der Waals surface area contributed by atoms with Crippen molar-refractivity contribution in [1.82, 2.24) is 15.5 Å². The first-order valence-corrected chi connectivity index (χ1v) is 7.04. The van der Waals surface area contributed by atoms with Crippen LogP contribution in [0, 0.1) is 0 Å². The highest BCUT2D eigenvalue weighted by molar-refractivity contribution is 5.66. The van der Waals surface area contributed by atoms with Crippen molar-refractivity contribution in [2.45, 2.75) is 13.1 Å². The number of furan rings is 1. The van der Waals surface area contributed by atoms with E-state index in [0.717, 1.165) is 40.4 Å². The van der Waals surface area contributed by atoms with Crippen LogP contribution in [0.4, 0.5) is 0 Å². The first-order valence-electron chi connectivity index (χ1n) is 7.04. The van der Waals surface area contributed by atoms with Crippen molar-refractivity contribution in [3.63, 3.8) is 0 Å². The summed E-state index contributed by atoms with van der Waals surface area (Å²) < 4.78 is 15.8. The second-order valence-electron chi connectivity index (χ2n) is 5.07. The lowest BCUT2D eigenvalue weighted by Gasteiger charge is -2.06. The van der Waals surface area contributed by atoms with Gasteiger partial charge < -0.3 is 19.2 Å². The number of hydrogen-bond donors (Lipinski definition) is 2. The number of fused-ring (bicyclic) bond motifs is 1. The van der Waals surface area contributed by atoms with Gasteiger partial charge in [0.05, 0.1) is 24.4 Å². The van der Waals surface area contributed by atoms with E-state index >= 15 is 0 Å². The average molecular weight is 297 g/mol. The smallest absolute Gasteiger partial charge is 0.231 e. The van der Waals surface area contributed by atoms with Crippen LogP contribution in [0.2, 0.25) is 0 Å². The summed E-state index contributed by atoms with van der Waals surface area (Å²) in [6, 6.07) is 7.83. The molecule has 112 valence electrons. The molecule has 0 radical (unpaired) electrons. The van der Waals surface area contributed by atoms with Gasteiger partial charge in [-0.3, -0.25) is 5.10 Å². The lowest BCUT2D eigenvalue weighted by Crippen LogP contribution is -2.12. The third kappa shape index (κ3) is 2.44. The van der Waals surface area contributed by atoms with E-state index in [1.54, 1.807) is 12.5 Å². The molecule has 1 aliphatic heterocycles. The van der Waals surface area contributed by atoms with E-state index in [-0.39, 0.29) is 6.79 Å². The summed E-state index contributed by atoms with van der Waals surface area (Å²) in [4.78, 5) is 0. The van der Waals surface area contributed by atoms with Gasteiger partial charge in [-0.2, -0.15) is 5.10 Å². The molecule has 3 heterocycles. The topological polar surface area (TPSA) is 72.3 Å². The second kappa shape index (κ2) is 5.57. The van der Waals surface area contributed by atoms with Gasteiger partial charge in [-0.15, -0.1) is 0 Å². The van der Waals surface area contributed by atoms with Gasteiger partial charge in [0.15, 0.2) is 11.5 Å². The fourth-order valence-electron chi connectivity index (χ4n) is 2.48. The molecule has 0 aliphatic carbocycles. The van der Waals surface area contributed by atoms with Gasteiger partial charge in [0.2, 0.25) is 6.79 Å². The zero-order valence-corrected chi connectivity index (χ0v) is 11.8. The Labute approximate surface area is 127 Å². The van der Waals surface area contributed by atoms with Crippen molar-refractivity contribution in [1.29, 1.82) is 0 Å². The lowest BCUT2D eigenvalue weighted by molar-refractivity contribution is 0.174. The van der Waals surface area contributed by atoms with Gasteiger partial charge in [-0.25, -0.2) is 0 Å². The number of H-pyrrole nitrogens is 1. The number of aromatic nitrogens is 2. The maximum atomic E-state index is 5.42. The first-order chi connectivity index (χ1) is 10.9. The number of hydrogen-bond acceptors (Lipinski definition) is 5. The number of nitrogens with zero attached hydrogens (tertiary/aromatic N) is 1. The van der Waals surface area contributed by atoms with Gasteiger partial charge in [0, 0.05) is 29.8 Å². The maximum Gasteiger partial charge on any atom is 0.231 e. The second-order valence-corrected chi connectivity index (χ2v) is 5.07. The molecule has 2 aromatic heterocycles. The minimum atomic E-state index is 0.279. The van der Waals surface area contributed by atoms with Crippen LogP contribution in [0.1, 0.15) is 11.1 Å². The third-order valence-electron chi connectivity index (χ3n) is 3.60. The van der Waals surface area contributed by atoms with E-state index in [0.29, 0.717) is 6.54 Å². The van der Waals surface area contributed by atoms with Crippen LogP contribution >= 0.6 is 0 Å². The molecule has 6 heteroatoms. The predicted molar refractivity (Wildman–Crippen MR) is 79.4 cm³/mol. The van der Waals surface area contributed by atoms with E-state index in [1.807, 2.05) is 30.5 Å². The molecular weight excluding hydrogens is 282 g/mol. The molecule has 0 spiro atoms. The molecule has 0 unspecified atom stereocenters. The monoisotopic (exact) mass is 297 g/mol. The van der Waals surface area contributed by atoms with E-state index in [1.165, 1.54) is 0 Å². The molecule has 0 atom stereocenters. The Balaban J connectivity index is 1.50. The summed E-state index contributed by atoms with van der Waals surface area (Å²) in [5.74, 6) is 1.55. The van der Waals surface area contributed by atoms with Gasteiger partial charge in [-0.05, 0) is 24.3 Å². The zero-order chi connectivity index (χ0) is 14.8. The number of ether oxygens (including phenoxy) is 2. The zero-order valence-electron chi connectivity index (χ0n) is 11.8. The molecule has 0 fully saturated rings. The van der Waals surface area contributed by atoms with Crippen LogP contribution in [0.15, 0.2) is 47.4 Å². The van der Waals surface area contributed by atoms with E-state index in [2.05, 4.69) is 15.5 Å². The number of nitrogens with one attached hydrogen (secondary N) is 2. The summed E-state index contributed by atoms with van der Waals surface area (Å²) in [7, 11) is 0. The highest BCUT2D eigenvalue weighted by Crippen LogP contribution is 2.36. The van der Waals surface area contributed by atoms with Gasteiger partial charge in [-0.1, -0.05) is 0 Å². The van der Waals surface area contributed by atoms with E-state index in [9.17, 15) is 0 Å². The minimum Gasteiger partial charge on any atom is -0.472 e. The minimum absolute atomic E-state index is 0.279. The molecular formula is C16H15N3O3. The molecule has 4 rings (SSSR count). The molecule has 0 amide bonds. The van der Waals surface area contributed by atoms with E-state index < -0.39 is 0 Å². The van der Waals surface area contributed by atoms with Crippen LogP contribution in [-0.2, 0) is 13.1 Å². The Bertz CT molecular complexity index is 765. The van der Waals surface area contributed by atoms with Crippen LogP contribution in [0.25, 0.3) is 11.3 Å². The molecule has 6 nitrogen and oxygen atoms in total. The van der Waals surface area contributed by atoms with Gasteiger partial charge in [0.1, 0.15) is 0 Å². The first kappa shape index (κ1) is 13.0. The Hall–Kier alpha value is -2.73. The van der Waals surface area contributed by atoms with Gasteiger partial charge >= 0.3 is 0 Å². The largest absolute Gasteiger partial charge is 0.472 e. The van der Waals surface area contributed by atoms with Crippen molar-refractivity contribution in [2.24, 2.45) is 0 Å². The summed E-state index contributed by atoms with van der Waals surface area (Å²) in [5.41, 5.74) is 4.23. The van der Waals surface area contributed by atoms with E-state index in [4.69, 9.17) is 13.9 Å². The fourth-order valence-corrected chi connectivity index (χ4v) is 2.48. The summed E-state index contributed by atoms with van der Waals surface area (Å²) >= 11 is 0. The normalized spacial score (nSPS) is 12.7. The molecule has 2 N–H and O–H groups in total. The molecule has 0 saturated heterocycles. The predicted octanol–water partition coefficient (Wildman–Crippen LogP) is 2.69. The van der Waals surface area contributed by atoms with Crippen molar-refractivity contribution in [3.05, 3.63) is 54.1 Å². The number of aromatic amines is 1. The summed E-state index contributed by atoms with van der Waals surface area (Å²) in [6.07, 6.45) is 5.25. The van der Waals surface area contributed by atoms with Crippen molar-refractivity contribution < 1.29 is 13.9 Å². The van der Waals surface area contributed by atoms with Crippen molar-refractivity contribution >= 4 is 0 Å². The van der Waals surface area contributed by atoms with Crippen LogP contribution in [-0.4, -0.2) is 17.0 Å². The molecule has 3 aromatic rings. The third-order valence-corrected chi connectivity index (χ3v) is 3.60. The molecule has 0 saturated carbocycles. The molecule has 1 aromatic carbocycles. The SMILES string of the molecule is c1cc(CNCc2cn[nH]c2-c2ccc3c(c2)OCO3)co1. The number of benzene rings is 1. The Morgan fingerprint density at radius 3 is 3.00 bits per heavy atom. The number of rotatable bonds is 5. The van der Waals surface area contributed by atoms with Crippen molar-refractivity contribution in [3.8, 4) is 22.8 Å².